The summed E-state index contributed by atoms with van der Waals surface area (Å²) in [7, 11) is 0. The summed E-state index contributed by atoms with van der Waals surface area (Å²) in [4.78, 5) is 11.1. The Balaban J connectivity index is 1.46. The van der Waals surface area contributed by atoms with Gasteiger partial charge in [-0.25, -0.2) is 0 Å². The van der Waals surface area contributed by atoms with Crippen LogP contribution in [0, 0.1) is 0 Å². The predicted molar refractivity (Wildman–Crippen MR) is 226 cm³/mol. The zero-order valence-electron chi connectivity index (χ0n) is 28.8. The fourth-order valence-corrected chi connectivity index (χ4v) is 11.1. The van der Waals surface area contributed by atoms with Crippen LogP contribution in [-0.2, 0) is 0 Å². The van der Waals surface area contributed by atoms with Gasteiger partial charge in [-0.2, -0.15) is 0 Å². The van der Waals surface area contributed by atoms with Crippen molar-refractivity contribution in [1.82, 2.24) is 9.97 Å². The first-order valence-electron chi connectivity index (χ1n) is 17.9. The van der Waals surface area contributed by atoms with E-state index in [1.807, 2.05) is 0 Å². The van der Waals surface area contributed by atoms with Crippen LogP contribution in [0.25, 0.3) is 97.2 Å². The maximum absolute atomic E-state index is 5.53. The van der Waals surface area contributed by atoms with Crippen molar-refractivity contribution in [2.24, 2.45) is 0 Å². The van der Waals surface area contributed by atoms with E-state index in [-0.39, 0.29) is 0 Å². The molecule has 4 heterocycles. The zero-order chi connectivity index (χ0) is 35.1. The molecule has 8 aromatic rings. The quantitative estimate of drug-likeness (QED) is 0.166. The van der Waals surface area contributed by atoms with Gasteiger partial charge in [0.25, 0.3) is 0 Å². The second-order valence-electron chi connectivity index (χ2n) is 13.3. The normalized spacial score (nSPS) is 12.0. The molecule has 0 unspecified atom stereocenters. The molecule has 0 saturated carbocycles. The van der Waals surface area contributed by atoms with Crippen LogP contribution in [0.15, 0.2) is 170 Å². The van der Waals surface area contributed by atoms with Crippen molar-refractivity contribution >= 4 is 73.1 Å². The van der Waals surface area contributed by atoms with Gasteiger partial charge in [0.05, 0.1) is 0 Å². The third-order valence-electron chi connectivity index (χ3n) is 10.1. The van der Waals surface area contributed by atoms with Gasteiger partial charge >= 0.3 is 320 Å². The zero-order valence-corrected chi connectivity index (χ0v) is 31.1. The Morgan fingerprint density at radius 1 is 0.264 bits per heavy atom. The summed E-state index contributed by atoms with van der Waals surface area (Å²) in [6.07, 6.45) is 8.88. The van der Waals surface area contributed by atoms with Crippen molar-refractivity contribution < 1.29 is 0 Å². The summed E-state index contributed by atoms with van der Waals surface area (Å²) >= 11 is -0.832. The Bertz CT molecular complexity index is 2710. The summed E-state index contributed by atoms with van der Waals surface area (Å²) in [5.41, 5.74) is 13.3. The van der Waals surface area contributed by atoms with Gasteiger partial charge in [0.15, 0.2) is 0 Å². The molecule has 10 rings (SSSR count). The first-order chi connectivity index (χ1) is 26.3. The molecule has 2 aliphatic heterocycles. The molecule has 0 amide bonds. The molecule has 0 N–H and O–H groups in total. The minimum absolute atomic E-state index is 0.832. The monoisotopic (exact) mass is 790 g/mol. The fraction of sp³-hybridized carbons (Fsp3) is 0. The number of hydrogen-bond acceptors (Lipinski definition) is 2. The van der Waals surface area contributed by atoms with Gasteiger partial charge in [-0.05, 0) is 0 Å². The molecule has 0 radical (unpaired) electrons. The topological polar surface area (TPSA) is 25.8 Å². The first kappa shape index (κ1) is 31.6. The fourth-order valence-electron chi connectivity index (χ4n) is 7.77. The molecule has 0 spiro atoms. The van der Waals surface area contributed by atoms with Crippen LogP contribution in [0.2, 0.25) is 0 Å². The van der Waals surface area contributed by atoms with Gasteiger partial charge < -0.3 is 0 Å². The average molecular weight is 788 g/mol. The van der Waals surface area contributed by atoms with Crippen LogP contribution in [0.3, 0.4) is 0 Å². The van der Waals surface area contributed by atoms with E-state index in [0.29, 0.717) is 0 Å². The summed E-state index contributed by atoms with van der Waals surface area (Å²) in [5.74, 6) is 0. The molecule has 2 nitrogen and oxygen atoms in total. The van der Waals surface area contributed by atoms with Crippen molar-refractivity contribution in [2.45, 2.75) is 0 Å². The number of nitrogens with zero attached hydrogens (tertiary/aromatic N) is 2. The SMILES string of the molecule is C1=Cc2nc1c(-c1ccccc1)c1ccc([te]1)c(-c1ccccc1)c1nc(c(-c3ccccc3)c3cccc4c(cccc34)c2-c2ccccc2)C=C1. The van der Waals surface area contributed by atoms with Gasteiger partial charge in [0.2, 0.25) is 0 Å². The molecule has 2 aliphatic rings. The van der Waals surface area contributed by atoms with Crippen LogP contribution in [0.1, 0.15) is 22.8 Å². The molecule has 2 aromatic heterocycles. The number of fused-ring (bicyclic) bond motifs is 6. The van der Waals surface area contributed by atoms with E-state index >= 15 is 0 Å². The van der Waals surface area contributed by atoms with E-state index in [2.05, 4.69) is 194 Å². The van der Waals surface area contributed by atoms with Gasteiger partial charge in [-0.1, -0.05) is 0 Å². The van der Waals surface area contributed by atoms with Crippen LogP contribution in [-0.4, -0.2) is 30.4 Å². The molecule has 53 heavy (non-hydrogen) atoms. The predicted octanol–water partition coefficient (Wildman–Crippen LogP) is 12.9. The molecule has 0 aliphatic carbocycles. The third kappa shape index (κ3) is 5.67. The maximum atomic E-state index is 5.53. The molecular weight excluding hydrogens is 756 g/mol. The number of aromatic nitrogens is 2. The van der Waals surface area contributed by atoms with Crippen LogP contribution < -0.4 is 0 Å². The van der Waals surface area contributed by atoms with Crippen LogP contribution in [0.4, 0.5) is 0 Å². The van der Waals surface area contributed by atoms with Crippen LogP contribution in [0.5, 0.6) is 0 Å². The van der Waals surface area contributed by atoms with Gasteiger partial charge in [-0.15, -0.1) is 0 Å². The second-order valence-corrected chi connectivity index (χ2v) is 16.4. The molecule has 0 fully saturated rings. The van der Waals surface area contributed by atoms with Crippen molar-refractivity contribution in [2.75, 3.05) is 0 Å². The average Bonchev–Trinajstić information content (AvgIpc) is 4.01. The Kier molecular flexibility index (Phi) is 8.03. The van der Waals surface area contributed by atoms with Gasteiger partial charge in [0, 0.05) is 0 Å². The molecule has 248 valence electrons. The summed E-state index contributed by atoms with van der Waals surface area (Å²) in [6, 6.07) is 61.2. The number of rotatable bonds is 4. The van der Waals surface area contributed by atoms with E-state index < -0.39 is 20.4 Å². The van der Waals surface area contributed by atoms with E-state index in [9.17, 15) is 0 Å². The summed E-state index contributed by atoms with van der Waals surface area (Å²) in [6.45, 7) is 0. The van der Waals surface area contributed by atoms with Crippen molar-refractivity contribution in [3.8, 4) is 44.5 Å². The van der Waals surface area contributed by atoms with Crippen molar-refractivity contribution in [1.29, 1.82) is 0 Å². The summed E-state index contributed by atoms with van der Waals surface area (Å²) < 4.78 is 2.75. The molecule has 3 heteroatoms. The van der Waals surface area contributed by atoms with E-state index in [1.54, 1.807) is 0 Å². The molecule has 0 atom stereocenters. The molecule has 0 saturated heterocycles. The van der Waals surface area contributed by atoms with Gasteiger partial charge in [0.1, 0.15) is 0 Å². The summed E-state index contributed by atoms with van der Waals surface area (Å²) in [5, 5.41) is 4.68. The molecular formula is C50H32N2Te. The molecule has 6 aromatic carbocycles. The van der Waals surface area contributed by atoms with Gasteiger partial charge in [-0.3, -0.25) is 0 Å². The number of hydrogen-bond donors (Lipinski definition) is 0. The Labute approximate surface area is 318 Å². The third-order valence-corrected chi connectivity index (χ3v) is 13.3. The Morgan fingerprint density at radius 3 is 0.925 bits per heavy atom. The van der Waals surface area contributed by atoms with Crippen molar-refractivity contribution in [3.05, 3.63) is 193 Å². The second kappa shape index (κ2) is 13.5. The first-order valence-corrected chi connectivity index (χ1v) is 20.2. The Morgan fingerprint density at radius 2 is 0.566 bits per heavy atom. The van der Waals surface area contributed by atoms with E-state index in [4.69, 9.17) is 9.97 Å². The number of benzene rings is 6. The molecule has 10 bridgehead atoms. The van der Waals surface area contributed by atoms with E-state index in [1.165, 1.54) is 39.8 Å². The minimum atomic E-state index is -0.832. The standard InChI is InChI=1S/C50H32N2Te/c1-5-15-33(16-6-1)47-39-25-13-24-38-37(39)23-14-26-40(38)48(34-17-7-2-8-18-34)42-28-30-44(52-42)50(36-21-11-4-12-22-36)46-32-31-45(53-46)49(35-19-9-3-10-20-35)43-29-27-41(47)51-43/h1-32H. The van der Waals surface area contributed by atoms with Crippen molar-refractivity contribution in [3.63, 3.8) is 0 Å². The Hall–Kier alpha value is -6.11. The van der Waals surface area contributed by atoms with E-state index in [0.717, 1.165) is 55.8 Å². The van der Waals surface area contributed by atoms with Crippen LogP contribution >= 0.6 is 0 Å².